The molecule has 1 aromatic heterocycles. The maximum atomic E-state index is 12.1. The Labute approximate surface area is 155 Å². The Kier molecular flexibility index (Phi) is 5.74. The van der Waals surface area contributed by atoms with Crippen LogP contribution in [0.1, 0.15) is 27.2 Å². The summed E-state index contributed by atoms with van der Waals surface area (Å²) in [4.78, 5) is 47.2. The summed E-state index contributed by atoms with van der Waals surface area (Å²) in [5.41, 5.74) is 2.48. The minimum atomic E-state index is -1.49. The average Bonchev–Trinajstić information content (AvgIpc) is 2.57. The normalized spacial score (nSPS) is 10.9. The first-order valence-corrected chi connectivity index (χ1v) is 8.01. The van der Waals surface area contributed by atoms with Crippen LogP contribution in [-0.2, 0) is 19.2 Å². The van der Waals surface area contributed by atoms with Gasteiger partial charge in [-0.05, 0) is 23.6 Å². The zero-order chi connectivity index (χ0) is 20.2. The number of hydrogen-bond donors (Lipinski definition) is 3. The van der Waals surface area contributed by atoms with Crippen LogP contribution in [0.3, 0.4) is 0 Å². The Bertz CT molecular complexity index is 918. The van der Waals surface area contributed by atoms with Crippen molar-refractivity contribution in [2.45, 2.75) is 27.2 Å². The number of benzene rings is 1. The molecule has 0 aliphatic carbocycles. The van der Waals surface area contributed by atoms with Crippen LogP contribution >= 0.6 is 0 Å². The van der Waals surface area contributed by atoms with Crippen molar-refractivity contribution in [3.8, 4) is 0 Å². The molecule has 1 amide bonds. The molecule has 0 bridgehead atoms. The lowest BCUT2D eigenvalue weighted by Gasteiger charge is -2.17. The molecular formula is C18H20N4O5. The number of carboxylic acids is 1. The predicted octanol–water partition coefficient (Wildman–Crippen LogP) is 2.52. The molecule has 27 heavy (non-hydrogen) atoms. The van der Waals surface area contributed by atoms with Gasteiger partial charge in [-0.3, -0.25) is 4.79 Å². The first kappa shape index (κ1) is 19.8. The summed E-state index contributed by atoms with van der Waals surface area (Å²) in [5, 5.41) is 12.0. The molecule has 1 aromatic carbocycles. The zero-order valence-electron chi connectivity index (χ0n) is 15.2. The van der Waals surface area contributed by atoms with Crippen LogP contribution in [0.4, 0.5) is 11.5 Å². The van der Waals surface area contributed by atoms with Crippen LogP contribution in [-0.4, -0.2) is 32.9 Å². The Hall–Kier alpha value is -3.49. The third-order valence-electron chi connectivity index (χ3n) is 3.35. The monoisotopic (exact) mass is 372 g/mol. The lowest BCUT2D eigenvalue weighted by atomic mass is 9.92. The number of hydrogen-bond acceptors (Lipinski definition) is 7. The van der Waals surface area contributed by atoms with E-state index in [-0.39, 0.29) is 17.1 Å². The van der Waals surface area contributed by atoms with Gasteiger partial charge in [0.1, 0.15) is 11.9 Å². The van der Waals surface area contributed by atoms with Gasteiger partial charge in [-0.1, -0.05) is 27.4 Å². The zero-order valence-corrected chi connectivity index (χ0v) is 15.2. The third-order valence-corrected chi connectivity index (χ3v) is 3.35. The molecule has 1 heterocycles. The number of rotatable bonds is 6. The molecule has 0 unspecified atom stereocenters. The summed E-state index contributed by atoms with van der Waals surface area (Å²) < 4.78 is 0. The van der Waals surface area contributed by atoms with Crippen LogP contribution in [0.25, 0.3) is 10.9 Å². The highest BCUT2D eigenvalue weighted by Crippen LogP contribution is 2.24. The SMILES string of the molecule is C=C(C(=O)O)C(=O)ONc1ncnc2ccc(NC(=O)CC(C)(C)C)cc12. The number of aromatic nitrogens is 2. The van der Waals surface area contributed by atoms with E-state index in [1.54, 1.807) is 18.2 Å². The van der Waals surface area contributed by atoms with Gasteiger partial charge in [0.15, 0.2) is 5.82 Å². The Morgan fingerprint density at radius 1 is 1.22 bits per heavy atom. The van der Waals surface area contributed by atoms with Crippen molar-refractivity contribution in [3.05, 3.63) is 36.7 Å². The number of aliphatic carboxylic acids is 1. The number of amides is 1. The second-order valence-electron chi connectivity index (χ2n) is 7.02. The van der Waals surface area contributed by atoms with Gasteiger partial charge in [0.05, 0.1) is 5.52 Å². The van der Waals surface area contributed by atoms with E-state index in [1.165, 1.54) is 6.33 Å². The molecule has 0 spiro atoms. The van der Waals surface area contributed by atoms with Gasteiger partial charge in [0, 0.05) is 17.5 Å². The van der Waals surface area contributed by atoms with Crippen molar-refractivity contribution >= 4 is 40.3 Å². The van der Waals surface area contributed by atoms with Crippen LogP contribution in [0.15, 0.2) is 36.7 Å². The number of carboxylic acid groups (broad SMARTS) is 1. The molecule has 0 aliphatic heterocycles. The van der Waals surface area contributed by atoms with Crippen LogP contribution < -0.4 is 10.8 Å². The molecular weight excluding hydrogens is 352 g/mol. The van der Waals surface area contributed by atoms with Crippen molar-refractivity contribution in [2.24, 2.45) is 5.41 Å². The van der Waals surface area contributed by atoms with Gasteiger partial charge in [-0.25, -0.2) is 19.6 Å². The maximum absolute atomic E-state index is 12.1. The van der Waals surface area contributed by atoms with Crippen LogP contribution in [0.5, 0.6) is 0 Å². The number of anilines is 2. The van der Waals surface area contributed by atoms with E-state index in [1.807, 2.05) is 20.8 Å². The standard InChI is InChI=1S/C18H20N4O5/c1-10(16(24)25)17(26)27-22-15-12-7-11(5-6-13(12)19-9-20-15)21-14(23)8-18(2,3)4/h5-7,9H,1,8H2,2-4H3,(H,21,23)(H,24,25)(H,19,20,22). The first-order valence-electron chi connectivity index (χ1n) is 8.01. The van der Waals surface area contributed by atoms with Crippen molar-refractivity contribution in [2.75, 3.05) is 10.8 Å². The predicted molar refractivity (Wildman–Crippen MR) is 98.7 cm³/mol. The van der Waals surface area contributed by atoms with Crippen LogP contribution in [0, 0.1) is 5.41 Å². The second kappa shape index (κ2) is 7.81. The average molecular weight is 372 g/mol. The molecule has 0 fully saturated rings. The maximum Gasteiger partial charge on any atom is 0.369 e. The highest BCUT2D eigenvalue weighted by molar-refractivity contribution is 6.12. The molecule has 2 rings (SSSR count). The van der Waals surface area contributed by atoms with E-state index >= 15 is 0 Å². The fourth-order valence-corrected chi connectivity index (χ4v) is 2.15. The molecule has 2 aromatic rings. The molecule has 0 saturated carbocycles. The lowest BCUT2D eigenvalue weighted by molar-refractivity contribution is -0.142. The summed E-state index contributed by atoms with van der Waals surface area (Å²) in [7, 11) is 0. The second-order valence-corrected chi connectivity index (χ2v) is 7.02. The highest BCUT2D eigenvalue weighted by atomic mass is 16.7. The molecule has 0 aliphatic rings. The number of nitrogens with zero attached hydrogens (tertiary/aromatic N) is 2. The van der Waals surface area contributed by atoms with Crippen LogP contribution in [0.2, 0.25) is 0 Å². The largest absolute Gasteiger partial charge is 0.477 e. The van der Waals surface area contributed by atoms with E-state index in [9.17, 15) is 14.4 Å². The van der Waals surface area contributed by atoms with E-state index in [4.69, 9.17) is 9.94 Å². The minimum absolute atomic E-state index is 0.137. The Morgan fingerprint density at radius 2 is 1.93 bits per heavy atom. The van der Waals surface area contributed by atoms with Gasteiger partial charge >= 0.3 is 11.9 Å². The minimum Gasteiger partial charge on any atom is -0.477 e. The fourth-order valence-electron chi connectivity index (χ4n) is 2.15. The lowest BCUT2D eigenvalue weighted by Crippen LogP contribution is -2.19. The Morgan fingerprint density at radius 3 is 2.56 bits per heavy atom. The van der Waals surface area contributed by atoms with Crippen molar-refractivity contribution < 1.29 is 24.3 Å². The van der Waals surface area contributed by atoms with Crippen molar-refractivity contribution in [1.82, 2.24) is 9.97 Å². The van der Waals surface area contributed by atoms with Gasteiger partial charge in [-0.15, -0.1) is 0 Å². The summed E-state index contributed by atoms with van der Waals surface area (Å²) in [5.74, 6) is -2.64. The number of fused-ring (bicyclic) bond motifs is 1. The van der Waals surface area contributed by atoms with Crippen molar-refractivity contribution in [1.29, 1.82) is 0 Å². The highest BCUT2D eigenvalue weighted by Gasteiger charge is 2.18. The number of carbonyl (C=O) groups is 3. The molecule has 9 heteroatoms. The van der Waals surface area contributed by atoms with E-state index in [0.717, 1.165) is 0 Å². The first-order chi connectivity index (χ1) is 12.6. The van der Waals surface area contributed by atoms with E-state index < -0.39 is 17.5 Å². The Balaban J connectivity index is 2.20. The summed E-state index contributed by atoms with van der Waals surface area (Å²) in [6.45, 7) is 8.99. The van der Waals surface area contributed by atoms with Gasteiger partial charge < -0.3 is 15.3 Å². The molecule has 3 N–H and O–H groups in total. The molecule has 0 atom stereocenters. The number of nitrogens with one attached hydrogen (secondary N) is 2. The van der Waals surface area contributed by atoms with Crippen molar-refractivity contribution in [3.63, 3.8) is 0 Å². The quantitative estimate of drug-likeness (QED) is 0.305. The summed E-state index contributed by atoms with van der Waals surface area (Å²) in [6.07, 6.45) is 1.60. The fraction of sp³-hybridized carbons (Fsp3) is 0.278. The topological polar surface area (TPSA) is 131 Å². The van der Waals surface area contributed by atoms with Gasteiger partial charge in [0.25, 0.3) is 0 Å². The summed E-state index contributed by atoms with van der Waals surface area (Å²) in [6, 6.07) is 4.99. The molecule has 9 nitrogen and oxygen atoms in total. The van der Waals surface area contributed by atoms with Gasteiger partial charge in [0.2, 0.25) is 5.91 Å². The smallest absolute Gasteiger partial charge is 0.369 e. The molecule has 0 saturated heterocycles. The molecule has 142 valence electrons. The summed E-state index contributed by atoms with van der Waals surface area (Å²) >= 11 is 0. The molecule has 0 radical (unpaired) electrons. The number of carbonyl (C=O) groups excluding carboxylic acids is 2. The third kappa shape index (κ3) is 5.50. The van der Waals surface area contributed by atoms with Gasteiger partial charge in [-0.2, -0.15) is 5.48 Å². The van der Waals surface area contributed by atoms with E-state index in [0.29, 0.717) is 23.0 Å². The van der Waals surface area contributed by atoms with E-state index in [2.05, 4.69) is 27.3 Å².